The lowest BCUT2D eigenvalue weighted by molar-refractivity contribution is 0.468. The average molecular weight is 276 g/mol. The lowest BCUT2D eigenvalue weighted by Crippen LogP contribution is -2.06. The molecule has 2 nitrogen and oxygen atoms in total. The Bertz CT molecular complexity index is 579. The number of hydrogen-bond donors (Lipinski definition) is 2. The van der Waals surface area contributed by atoms with Gasteiger partial charge in [0.1, 0.15) is 5.75 Å². The maximum absolute atomic E-state index is 9.74. The number of anilines is 1. The second-order valence-electron chi connectivity index (χ2n) is 4.70. The number of phenolic OH excluding ortho intramolecular Hbond substituents is 1. The maximum atomic E-state index is 9.74. The Labute approximate surface area is 119 Å². The van der Waals surface area contributed by atoms with Crippen LogP contribution in [0.25, 0.3) is 0 Å². The fourth-order valence-electron chi connectivity index (χ4n) is 2.03. The van der Waals surface area contributed by atoms with Gasteiger partial charge in [-0.3, -0.25) is 0 Å². The highest BCUT2D eigenvalue weighted by molar-refractivity contribution is 6.30. The van der Waals surface area contributed by atoms with Crippen LogP contribution in [0.5, 0.6) is 5.75 Å². The minimum Gasteiger partial charge on any atom is -0.508 e. The van der Waals surface area contributed by atoms with Crippen LogP contribution in [0.3, 0.4) is 0 Å². The molecule has 0 saturated carbocycles. The summed E-state index contributed by atoms with van der Waals surface area (Å²) in [4.78, 5) is 0. The molecule has 0 unspecified atom stereocenters. The van der Waals surface area contributed by atoms with Crippen LogP contribution in [0.1, 0.15) is 16.7 Å². The van der Waals surface area contributed by atoms with Crippen LogP contribution in [-0.4, -0.2) is 11.7 Å². The van der Waals surface area contributed by atoms with Gasteiger partial charge in [0.05, 0.1) is 0 Å². The fraction of sp³-hybridized carbons (Fsp3) is 0.250. The zero-order valence-electron chi connectivity index (χ0n) is 11.2. The molecule has 0 saturated heterocycles. The van der Waals surface area contributed by atoms with E-state index < -0.39 is 0 Å². The molecule has 0 bridgehead atoms. The van der Waals surface area contributed by atoms with Crippen molar-refractivity contribution >= 4 is 17.3 Å². The van der Waals surface area contributed by atoms with Gasteiger partial charge in [-0.25, -0.2) is 0 Å². The van der Waals surface area contributed by atoms with E-state index in [1.165, 1.54) is 11.1 Å². The average Bonchev–Trinajstić information content (AvgIpc) is 2.38. The molecule has 0 heterocycles. The lowest BCUT2D eigenvalue weighted by atomic mass is 10.1. The van der Waals surface area contributed by atoms with Crippen molar-refractivity contribution in [3.63, 3.8) is 0 Å². The van der Waals surface area contributed by atoms with Crippen LogP contribution in [0.2, 0.25) is 5.02 Å². The summed E-state index contributed by atoms with van der Waals surface area (Å²) in [6.07, 6.45) is 0.736. The summed E-state index contributed by atoms with van der Waals surface area (Å²) in [5.74, 6) is 0.298. The van der Waals surface area contributed by atoms with Gasteiger partial charge >= 0.3 is 0 Å². The van der Waals surface area contributed by atoms with Crippen LogP contribution in [0.15, 0.2) is 36.4 Å². The van der Waals surface area contributed by atoms with Crippen LogP contribution < -0.4 is 5.32 Å². The van der Waals surface area contributed by atoms with E-state index in [4.69, 9.17) is 11.6 Å². The maximum Gasteiger partial charge on any atom is 0.118 e. The molecule has 2 aromatic carbocycles. The molecule has 0 atom stereocenters. The fourth-order valence-corrected chi connectivity index (χ4v) is 2.22. The zero-order valence-corrected chi connectivity index (χ0v) is 12.0. The summed E-state index contributed by atoms with van der Waals surface area (Å²) in [5, 5.41) is 13.8. The summed E-state index contributed by atoms with van der Waals surface area (Å²) in [6, 6.07) is 11.3. The highest BCUT2D eigenvalue weighted by Crippen LogP contribution is 2.22. The van der Waals surface area contributed by atoms with Gasteiger partial charge in [-0.2, -0.15) is 0 Å². The minimum atomic E-state index is 0.298. The van der Waals surface area contributed by atoms with Crippen molar-refractivity contribution in [2.75, 3.05) is 11.9 Å². The number of aryl methyl sites for hydroxylation is 1. The number of phenols is 1. The third kappa shape index (κ3) is 3.42. The smallest absolute Gasteiger partial charge is 0.118 e. The van der Waals surface area contributed by atoms with Crippen molar-refractivity contribution in [1.82, 2.24) is 0 Å². The highest BCUT2D eigenvalue weighted by atomic mass is 35.5. The summed E-state index contributed by atoms with van der Waals surface area (Å²) < 4.78 is 0. The highest BCUT2D eigenvalue weighted by Gasteiger charge is 2.03. The van der Waals surface area contributed by atoms with Gasteiger partial charge in [-0.05, 0) is 61.2 Å². The Morgan fingerprint density at radius 3 is 2.74 bits per heavy atom. The third-order valence-electron chi connectivity index (χ3n) is 3.36. The van der Waals surface area contributed by atoms with Gasteiger partial charge in [0.15, 0.2) is 0 Å². The first-order valence-corrected chi connectivity index (χ1v) is 6.73. The monoisotopic (exact) mass is 275 g/mol. The van der Waals surface area contributed by atoms with Gasteiger partial charge in [0.2, 0.25) is 0 Å². The minimum absolute atomic E-state index is 0.298. The van der Waals surface area contributed by atoms with Crippen molar-refractivity contribution in [3.05, 3.63) is 58.1 Å². The molecule has 2 N–H and O–H groups in total. The van der Waals surface area contributed by atoms with E-state index in [0.717, 1.165) is 24.2 Å². The van der Waals surface area contributed by atoms with Crippen LogP contribution in [-0.2, 0) is 6.42 Å². The Morgan fingerprint density at radius 2 is 1.95 bits per heavy atom. The molecule has 0 aliphatic carbocycles. The van der Waals surface area contributed by atoms with E-state index in [1.54, 1.807) is 12.1 Å². The molecule has 19 heavy (non-hydrogen) atoms. The van der Waals surface area contributed by atoms with E-state index in [1.807, 2.05) is 12.1 Å². The second-order valence-corrected chi connectivity index (χ2v) is 5.13. The third-order valence-corrected chi connectivity index (χ3v) is 3.59. The van der Waals surface area contributed by atoms with Crippen LogP contribution >= 0.6 is 11.6 Å². The van der Waals surface area contributed by atoms with Gasteiger partial charge in [-0.15, -0.1) is 0 Å². The SMILES string of the molecule is Cc1cccc(NCCc2cc(Cl)ccc2O)c1C. The molecule has 3 heteroatoms. The first-order chi connectivity index (χ1) is 9.08. The first kappa shape index (κ1) is 13.8. The molecule has 0 aliphatic rings. The Kier molecular flexibility index (Phi) is 4.33. The Morgan fingerprint density at radius 1 is 1.16 bits per heavy atom. The van der Waals surface area contributed by atoms with Crippen molar-refractivity contribution in [1.29, 1.82) is 0 Å². The normalized spacial score (nSPS) is 10.5. The van der Waals surface area contributed by atoms with Crippen LogP contribution in [0.4, 0.5) is 5.69 Å². The molecule has 0 spiro atoms. The number of rotatable bonds is 4. The number of nitrogens with one attached hydrogen (secondary N) is 1. The predicted molar refractivity (Wildman–Crippen MR) is 81.2 cm³/mol. The van der Waals surface area contributed by atoms with E-state index in [-0.39, 0.29) is 0 Å². The molecule has 2 aromatic rings. The van der Waals surface area contributed by atoms with Gasteiger partial charge in [0, 0.05) is 17.3 Å². The second kappa shape index (κ2) is 5.98. The van der Waals surface area contributed by atoms with Crippen molar-refractivity contribution in [2.24, 2.45) is 0 Å². The number of aromatic hydroxyl groups is 1. The van der Waals surface area contributed by atoms with E-state index in [0.29, 0.717) is 10.8 Å². The van der Waals surface area contributed by atoms with E-state index in [2.05, 4.69) is 31.3 Å². The standard InChI is InChI=1S/C16H18ClNO/c1-11-4-3-5-15(12(11)2)18-9-8-13-10-14(17)6-7-16(13)19/h3-7,10,18-19H,8-9H2,1-2H3. The number of halogens is 1. The molecular weight excluding hydrogens is 258 g/mol. The van der Waals surface area contributed by atoms with Crippen LogP contribution in [0, 0.1) is 13.8 Å². The topological polar surface area (TPSA) is 32.3 Å². The van der Waals surface area contributed by atoms with Gasteiger partial charge in [0.25, 0.3) is 0 Å². The summed E-state index contributed by atoms with van der Waals surface area (Å²) >= 11 is 5.93. The first-order valence-electron chi connectivity index (χ1n) is 6.35. The Hall–Kier alpha value is -1.67. The predicted octanol–water partition coefficient (Wildman–Crippen LogP) is 4.32. The van der Waals surface area contributed by atoms with Crippen molar-refractivity contribution < 1.29 is 5.11 Å². The van der Waals surface area contributed by atoms with E-state index in [9.17, 15) is 5.11 Å². The molecule has 0 fully saturated rings. The molecule has 0 aliphatic heterocycles. The summed E-state index contributed by atoms with van der Waals surface area (Å²) in [7, 11) is 0. The molecule has 100 valence electrons. The number of benzene rings is 2. The summed E-state index contributed by atoms with van der Waals surface area (Å²) in [6.45, 7) is 4.97. The molecule has 0 amide bonds. The lowest BCUT2D eigenvalue weighted by Gasteiger charge is -2.12. The number of hydrogen-bond acceptors (Lipinski definition) is 2. The molecule has 2 rings (SSSR count). The Balaban J connectivity index is 2.00. The van der Waals surface area contributed by atoms with Crippen molar-refractivity contribution in [2.45, 2.75) is 20.3 Å². The summed E-state index contributed by atoms with van der Waals surface area (Å²) in [5.41, 5.74) is 4.54. The zero-order chi connectivity index (χ0) is 13.8. The molecular formula is C16H18ClNO. The van der Waals surface area contributed by atoms with E-state index >= 15 is 0 Å². The quantitative estimate of drug-likeness (QED) is 0.871. The van der Waals surface area contributed by atoms with Gasteiger partial charge < -0.3 is 10.4 Å². The molecule has 0 radical (unpaired) electrons. The molecule has 0 aromatic heterocycles. The van der Waals surface area contributed by atoms with Crippen molar-refractivity contribution in [3.8, 4) is 5.75 Å². The largest absolute Gasteiger partial charge is 0.508 e. The van der Waals surface area contributed by atoms with Gasteiger partial charge in [-0.1, -0.05) is 23.7 Å².